The van der Waals surface area contributed by atoms with E-state index in [0.29, 0.717) is 0 Å². The zero-order chi connectivity index (χ0) is 5.54. The van der Waals surface area contributed by atoms with E-state index in [-0.39, 0.29) is 229 Å². The summed E-state index contributed by atoms with van der Waals surface area (Å²) in [5.74, 6) is 0. The van der Waals surface area contributed by atoms with Crippen molar-refractivity contribution >= 4 is 0 Å². The fraction of sp³-hybridized carbons (Fsp3) is 0.571. The molecule has 0 nitrogen and oxygen atoms in total. The molecule has 0 aromatic rings. The van der Waals surface area contributed by atoms with Crippen molar-refractivity contribution in [2.45, 2.75) is 26.2 Å². The Morgan fingerprint density at radius 2 is 1.29 bits per heavy atom. The van der Waals surface area contributed by atoms with E-state index in [1.54, 1.807) is 0 Å². The fourth-order valence-electron chi connectivity index (χ4n) is 0.440. The van der Waals surface area contributed by atoms with Crippen LogP contribution < -0.4 is 0 Å². The zero-order valence-corrected chi connectivity index (χ0v) is 28.9. The summed E-state index contributed by atoms with van der Waals surface area (Å²) in [6, 6.07) is 0. The molecule has 0 amide bonds. The van der Waals surface area contributed by atoms with E-state index in [9.17, 15) is 0 Å². The van der Waals surface area contributed by atoms with Gasteiger partial charge < -0.3 is 6.42 Å². The maximum atomic E-state index is 3.60. The first-order chi connectivity index (χ1) is 3.41. The van der Waals surface area contributed by atoms with Crippen LogP contribution in [0.1, 0.15) is 26.2 Å². The molecular formula is C7H13Y7-. The van der Waals surface area contributed by atoms with E-state index in [4.69, 9.17) is 0 Å². The van der Waals surface area contributed by atoms with Gasteiger partial charge in [0.15, 0.2) is 0 Å². The third kappa shape index (κ3) is 50.5. The molecule has 14 heavy (non-hydrogen) atoms. The number of unbranched alkanes of at least 4 members (excludes halogenated alkanes) is 3. The molecule has 63 valence electrons. The van der Waals surface area contributed by atoms with Gasteiger partial charge in [-0.1, -0.05) is 13.3 Å². The van der Waals surface area contributed by atoms with Crippen LogP contribution in [0.15, 0.2) is 12.7 Å². The minimum Gasteiger partial charge on any atom is -0.325 e. The molecule has 0 N–H and O–H groups in total. The van der Waals surface area contributed by atoms with Gasteiger partial charge >= 0.3 is 0 Å². The van der Waals surface area contributed by atoms with Gasteiger partial charge in [0.05, 0.1) is 0 Å². The molecule has 0 aromatic heterocycles. The van der Waals surface area contributed by atoms with Crippen LogP contribution in [-0.2, 0) is 229 Å². The first kappa shape index (κ1) is 49.6. The molecule has 0 atom stereocenters. The van der Waals surface area contributed by atoms with Crippen LogP contribution in [0.5, 0.6) is 0 Å². The van der Waals surface area contributed by atoms with Gasteiger partial charge in [0.1, 0.15) is 0 Å². The second kappa shape index (κ2) is 49.9. The Bertz CT molecular complexity index is 51.3. The van der Waals surface area contributed by atoms with Crippen molar-refractivity contribution in [3.8, 4) is 0 Å². The molecule has 0 saturated carbocycles. The summed E-state index contributed by atoms with van der Waals surface area (Å²) >= 11 is 0. The van der Waals surface area contributed by atoms with Gasteiger partial charge in [-0.2, -0.15) is 12.8 Å². The molecule has 0 bridgehead atoms. The van der Waals surface area contributed by atoms with Gasteiger partial charge in [0.25, 0.3) is 0 Å². The third-order valence-electron chi connectivity index (χ3n) is 0.826. The average Bonchev–Trinajstić information content (AvgIpc) is 1.69. The Balaban J connectivity index is -0.00000000857. The standard InChI is InChI=1S/C7H13.7Y/c1-3-5-7-6-4-2;;;;;;;/h3,7H,1,4-6H2,2H3;;;;;;;/q-1;;;;;;;. The monoisotopic (exact) mass is 719 g/mol. The summed E-state index contributed by atoms with van der Waals surface area (Å²) in [5.41, 5.74) is 0. The molecule has 0 fully saturated rings. The summed E-state index contributed by atoms with van der Waals surface area (Å²) < 4.78 is 0. The van der Waals surface area contributed by atoms with Crippen molar-refractivity contribution < 1.29 is 229 Å². The van der Waals surface area contributed by atoms with Gasteiger partial charge in [-0.25, -0.2) is 0 Å². The smallest absolute Gasteiger partial charge is 0 e. The van der Waals surface area contributed by atoms with Crippen molar-refractivity contribution in [2.75, 3.05) is 0 Å². The van der Waals surface area contributed by atoms with Gasteiger partial charge in [-0.15, -0.1) is 12.7 Å². The van der Waals surface area contributed by atoms with Crippen LogP contribution in [0.4, 0.5) is 0 Å². The van der Waals surface area contributed by atoms with E-state index in [1.165, 1.54) is 12.8 Å². The first-order valence-corrected chi connectivity index (χ1v) is 2.84. The third-order valence-corrected chi connectivity index (χ3v) is 0.826. The summed E-state index contributed by atoms with van der Waals surface area (Å²) in [4.78, 5) is 0. The molecule has 0 spiro atoms. The zero-order valence-electron chi connectivity index (χ0n) is 9.02. The van der Waals surface area contributed by atoms with E-state index in [1.807, 2.05) is 6.08 Å². The molecule has 0 rings (SSSR count). The maximum absolute atomic E-state index is 3.60. The van der Waals surface area contributed by atoms with Crippen molar-refractivity contribution in [1.29, 1.82) is 0 Å². The molecular weight excluding hydrogens is 706 g/mol. The Morgan fingerprint density at radius 1 is 0.929 bits per heavy atom. The molecule has 0 unspecified atom stereocenters. The van der Waals surface area contributed by atoms with Gasteiger partial charge in [-0.3, -0.25) is 0 Å². The molecule has 0 saturated heterocycles. The van der Waals surface area contributed by atoms with Crippen LogP contribution in [0.3, 0.4) is 0 Å². The minimum atomic E-state index is 0. The predicted octanol–water partition coefficient (Wildman–Crippen LogP) is 2.55. The second-order valence-corrected chi connectivity index (χ2v) is 1.60. The first-order valence-electron chi connectivity index (χ1n) is 2.84. The molecule has 7 heteroatoms. The van der Waals surface area contributed by atoms with Crippen molar-refractivity contribution in [3.05, 3.63) is 19.1 Å². The van der Waals surface area contributed by atoms with Crippen molar-refractivity contribution in [1.82, 2.24) is 0 Å². The summed E-state index contributed by atoms with van der Waals surface area (Å²) in [7, 11) is 0. The maximum Gasteiger partial charge on any atom is 0 e. The number of rotatable bonds is 4. The van der Waals surface area contributed by atoms with Gasteiger partial charge in [-0.05, 0) is 0 Å². The molecule has 0 aliphatic rings. The Kier molecular flexibility index (Phi) is 177. The normalized spacial score (nSPS) is 4.36. The Morgan fingerprint density at radius 3 is 1.50 bits per heavy atom. The summed E-state index contributed by atoms with van der Waals surface area (Å²) in [6.45, 7) is 5.78. The number of hydrogen-bond acceptors (Lipinski definition) is 0. The molecule has 0 aromatic carbocycles. The van der Waals surface area contributed by atoms with E-state index < -0.39 is 0 Å². The SMILES string of the molecule is C=CC[CH-]CCC.[Y].[Y].[Y].[Y].[Y].[Y].[Y]. The summed E-state index contributed by atoms with van der Waals surface area (Å²) in [5, 5.41) is 0. The molecule has 0 heterocycles. The van der Waals surface area contributed by atoms with Crippen LogP contribution in [0.25, 0.3) is 0 Å². The number of hydrogen-bond donors (Lipinski definition) is 0. The minimum absolute atomic E-state index is 0. The Labute approximate surface area is 266 Å². The topological polar surface area (TPSA) is 0 Å². The molecule has 0 aliphatic carbocycles. The van der Waals surface area contributed by atoms with E-state index in [2.05, 4.69) is 19.9 Å². The van der Waals surface area contributed by atoms with E-state index in [0.717, 1.165) is 6.42 Å². The summed E-state index contributed by atoms with van der Waals surface area (Å²) in [6.07, 6.45) is 7.72. The largest absolute Gasteiger partial charge is 0.325 e. The second-order valence-electron chi connectivity index (χ2n) is 1.60. The van der Waals surface area contributed by atoms with Crippen molar-refractivity contribution in [2.24, 2.45) is 0 Å². The molecule has 7 radical (unpaired) electrons. The molecule has 0 aliphatic heterocycles. The average molecular weight is 720 g/mol. The fourth-order valence-corrected chi connectivity index (χ4v) is 0.440. The quantitative estimate of drug-likeness (QED) is 0.239. The van der Waals surface area contributed by atoms with Crippen LogP contribution in [0, 0.1) is 6.42 Å². The van der Waals surface area contributed by atoms with Gasteiger partial charge in [0, 0.05) is 229 Å². The van der Waals surface area contributed by atoms with Gasteiger partial charge in [0.2, 0.25) is 0 Å². The van der Waals surface area contributed by atoms with Crippen LogP contribution in [0.2, 0.25) is 0 Å². The van der Waals surface area contributed by atoms with Crippen LogP contribution in [-0.4, -0.2) is 0 Å². The Hall–Kier alpha value is 7.47. The van der Waals surface area contributed by atoms with Crippen LogP contribution >= 0.6 is 0 Å². The van der Waals surface area contributed by atoms with Crippen molar-refractivity contribution in [3.63, 3.8) is 0 Å². The number of allylic oxidation sites excluding steroid dienone is 1. The van der Waals surface area contributed by atoms with E-state index >= 15 is 0 Å². The predicted molar refractivity (Wildman–Crippen MR) is 34.0 cm³/mol.